The number of benzene rings is 1. The summed E-state index contributed by atoms with van der Waals surface area (Å²) in [5.74, 6) is -0.389. The number of nitrogens with one attached hydrogen (secondary N) is 1. The minimum Gasteiger partial charge on any atom is -0.503 e. The van der Waals surface area contributed by atoms with Crippen LogP contribution in [0.4, 0.5) is 0 Å². The van der Waals surface area contributed by atoms with Gasteiger partial charge in [0.2, 0.25) is 0 Å². The molecule has 0 spiro atoms. The van der Waals surface area contributed by atoms with Crippen molar-refractivity contribution < 1.29 is 5.11 Å². The molecule has 0 aliphatic rings. The highest BCUT2D eigenvalue weighted by atomic mass is 16.3. The predicted octanol–water partition coefficient (Wildman–Crippen LogP) is 1.72. The lowest BCUT2D eigenvalue weighted by Crippen LogP contribution is -2.01. The molecule has 4 nitrogen and oxygen atoms in total. The van der Waals surface area contributed by atoms with E-state index in [1.807, 2.05) is 19.9 Å². The maximum Gasteiger partial charge on any atom is 0.290 e. The normalized spacial score (nSPS) is 11.0. The zero-order valence-corrected chi connectivity index (χ0v) is 9.65. The van der Waals surface area contributed by atoms with E-state index in [2.05, 4.69) is 4.98 Å². The number of aromatic hydroxyl groups is 1. The molecule has 0 atom stereocenters. The van der Waals surface area contributed by atoms with E-state index in [-0.39, 0.29) is 11.3 Å². The highest BCUT2D eigenvalue weighted by Gasteiger charge is 2.09. The van der Waals surface area contributed by atoms with Crippen LogP contribution in [0.15, 0.2) is 33.9 Å². The van der Waals surface area contributed by atoms with Crippen LogP contribution in [0.25, 0.3) is 10.9 Å². The summed E-state index contributed by atoms with van der Waals surface area (Å²) >= 11 is 0. The number of hydrogen-bond acceptors (Lipinski definition) is 3. The third kappa shape index (κ3) is 1.93. The molecule has 17 heavy (non-hydrogen) atoms. The third-order valence-corrected chi connectivity index (χ3v) is 2.71. The van der Waals surface area contributed by atoms with Crippen LogP contribution in [0.2, 0.25) is 0 Å². The number of hydrogen-bond donors (Lipinski definition) is 2. The molecule has 2 rings (SSSR count). The lowest BCUT2D eigenvalue weighted by molar-refractivity contribution is 0.468. The van der Waals surface area contributed by atoms with Gasteiger partial charge in [-0.1, -0.05) is 26.0 Å². The van der Waals surface area contributed by atoms with Crippen molar-refractivity contribution in [3.05, 3.63) is 50.4 Å². The molecular weight excluding hydrogens is 218 g/mol. The summed E-state index contributed by atoms with van der Waals surface area (Å²) in [6.07, 6.45) is 0. The molecule has 2 aromatic rings. The van der Waals surface area contributed by atoms with Crippen LogP contribution in [0, 0.1) is 0 Å². The molecule has 0 amide bonds. The topological polar surface area (TPSA) is 70.2 Å². The summed E-state index contributed by atoms with van der Waals surface area (Å²) in [5.41, 5.74) is 0.309. The number of aromatic amines is 1. The van der Waals surface area contributed by atoms with E-state index in [4.69, 9.17) is 0 Å². The Balaban J connectivity index is 3.08. The van der Waals surface area contributed by atoms with E-state index in [1.165, 1.54) is 0 Å². The van der Waals surface area contributed by atoms with Crippen LogP contribution in [0.1, 0.15) is 25.3 Å². The molecule has 2 N–H and O–H groups in total. The van der Waals surface area contributed by atoms with Crippen molar-refractivity contribution in [2.24, 2.45) is 0 Å². The monoisotopic (exact) mass is 231 g/mol. The van der Waals surface area contributed by atoms with Crippen LogP contribution in [-0.2, 0) is 0 Å². The molecule has 1 aromatic carbocycles. The number of fused-ring (bicyclic) bond motifs is 1. The molecule has 0 unspecified atom stereocenters. The first-order valence-corrected chi connectivity index (χ1v) is 5.40. The Kier molecular flexibility index (Phi) is 2.71. The van der Waals surface area contributed by atoms with Gasteiger partial charge in [0.15, 0.2) is 11.2 Å². The first kappa shape index (κ1) is 11.4. The van der Waals surface area contributed by atoms with Crippen molar-refractivity contribution >= 4 is 10.9 Å². The summed E-state index contributed by atoms with van der Waals surface area (Å²) in [6, 6.07) is 6.25. The minimum absolute atomic E-state index is 0.166. The van der Waals surface area contributed by atoms with Gasteiger partial charge in [-0.15, -0.1) is 0 Å². The molecule has 1 aromatic heterocycles. The maximum atomic E-state index is 12.0. The second-order valence-electron chi connectivity index (χ2n) is 4.27. The van der Waals surface area contributed by atoms with Crippen LogP contribution in [0.3, 0.4) is 0 Å². The van der Waals surface area contributed by atoms with Crippen LogP contribution < -0.4 is 11.0 Å². The van der Waals surface area contributed by atoms with Crippen molar-refractivity contribution in [1.82, 2.24) is 4.98 Å². The van der Waals surface area contributed by atoms with Crippen LogP contribution >= 0.6 is 0 Å². The van der Waals surface area contributed by atoms with Crippen LogP contribution in [0.5, 0.6) is 5.75 Å². The minimum atomic E-state index is -0.655. The second kappa shape index (κ2) is 4.05. The Morgan fingerprint density at radius 3 is 2.59 bits per heavy atom. The molecule has 0 bridgehead atoms. The molecule has 0 aliphatic heterocycles. The van der Waals surface area contributed by atoms with Gasteiger partial charge < -0.3 is 10.1 Å². The Bertz CT molecular complexity index is 686. The van der Waals surface area contributed by atoms with E-state index in [0.717, 1.165) is 11.6 Å². The fraction of sp³-hybridized carbons (Fsp3) is 0.231. The average Bonchev–Trinajstić information content (AvgIpc) is 2.37. The van der Waals surface area contributed by atoms with E-state index in [9.17, 15) is 14.7 Å². The van der Waals surface area contributed by atoms with Gasteiger partial charge in [0.1, 0.15) is 0 Å². The lowest BCUT2D eigenvalue weighted by Gasteiger charge is -2.06. The van der Waals surface area contributed by atoms with Crippen molar-refractivity contribution in [3.8, 4) is 5.75 Å². The van der Waals surface area contributed by atoms with E-state index < -0.39 is 11.3 Å². The van der Waals surface area contributed by atoms with Gasteiger partial charge in [0.05, 0.1) is 5.52 Å². The van der Waals surface area contributed by atoms with Crippen molar-refractivity contribution in [1.29, 1.82) is 0 Å². The molecule has 0 saturated heterocycles. The Morgan fingerprint density at radius 1 is 1.24 bits per heavy atom. The van der Waals surface area contributed by atoms with E-state index in [1.54, 1.807) is 12.1 Å². The summed E-state index contributed by atoms with van der Waals surface area (Å²) in [4.78, 5) is 25.9. The molecule has 4 heteroatoms. The SMILES string of the molecule is CC(C)c1cccc2[nH]c(=O)c(O)cc(=O)c12. The third-order valence-electron chi connectivity index (χ3n) is 2.71. The zero-order chi connectivity index (χ0) is 12.6. The van der Waals surface area contributed by atoms with Crippen molar-refractivity contribution in [2.75, 3.05) is 0 Å². The van der Waals surface area contributed by atoms with Gasteiger partial charge in [-0.2, -0.15) is 0 Å². The van der Waals surface area contributed by atoms with E-state index >= 15 is 0 Å². The van der Waals surface area contributed by atoms with Crippen molar-refractivity contribution in [3.63, 3.8) is 0 Å². The lowest BCUT2D eigenvalue weighted by atomic mass is 9.99. The Hall–Kier alpha value is -2.10. The molecule has 0 saturated carbocycles. The second-order valence-corrected chi connectivity index (χ2v) is 4.27. The number of rotatable bonds is 1. The zero-order valence-electron chi connectivity index (χ0n) is 9.65. The molecule has 0 aliphatic carbocycles. The largest absolute Gasteiger partial charge is 0.503 e. The van der Waals surface area contributed by atoms with E-state index in [0.29, 0.717) is 10.9 Å². The predicted molar refractivity (Wildman–Crippen MR) is 66.6 cm³/mol. The molecular formula is C13H13NO3. The van der Waals surface area contributed by atoms with Crippen molar-refractivity contribution in [2.45, 2.75) is 19.8 Å². The maximum absolute atomic E-state index is 12.0. The van der Waals surface area contributed by atoms with Crippen LogP contribution in [-0.4, -0.2) is 10.1 Å². The standard InChI is InChI=1S/C13H13NO3/c1-7(2)8-4-3-5-9-12(8)10(15)6-11(16)13(17)14-9/h3-7,16H,1-2H3,(H,14,17). The molecule has 1 heterocycles. The quantitative estimate of drug-likeness (QED) is 0.785. The molecule has 0 radical (unpaired) electrons. The average molecular weight is 231 g/mol. The summed E-state index contributed by atoms with van der Waals surface area (Å²) in [7, 11) is 0. The highest BCUT2D eigenvalue weighted by molar-refractivity contribution is 5.82. The Morgan fingerprint density at radius 2 is 1.94 bits per heavy atom. The van der Waals surface area contributed by atoms with Gasteiger partial charge in [-0.05, 0) is 17.5 Å². The summed E-state index contributed by atoms with van der Waals surface area (Å²) < 4.78 is 0. The smallest absolute Gasteiger partial charge is 0.290 e. The summed E-state index contributed by atoms with van der Waals surface area (Å²) in [5, 5.41) is 9.82. The first-order chi connectivity index (χ1) is 8.00. The number of H-pyrrole nitrogens is 1. The highest BCUT2D eigenvalue weighted by Crippen LogP contribution is 2.20. The van der Waals surface area contributed by atoms with Gasteiger partial charge in [0, 0.05) is 11.5 Å². The first-order valence-electron chi connectivity index (χ1n) is 5.40. The van der Waals surface area contributed by atoms with Gasteiger partial charge in [-0.3, -0.25) is 9.59 Å². The fourth-order valence-corrected chi connectivity index (χ4v) is 1.88. The fourth-order valence-electron chi connectivity index (χ4n) is 1.88. The van der Waals surface area contributed by atoms with Gasteiger partial charge in [0.25, 0.3) is 5.56 Å². The van der Waals surface area contributed by atoms with Gasteiger partial charge >= 0.3 is 0 Å². The molecule has 88 valence electrons. The van der Waals surface area contributed by atoms with Gasteiger partial charge in [-0.25, -0.2) is 0 Å². The summed E-state index contributed by atoms with van der Waals surface area (Å²) in [6.45, 7) is 3.94. The Labute approximate surface area is 97.6 Å². The molecule has 0 fully saturated rings. The number of aromatic nitrogens is 1.